The van der Waals surface area contributed by atoms with E-state index >= 15 is 0 Å². The Hall–Kier alpha value is -3.22. The molecule has 0 bridgehead atoms. The van der Waals surface area contributed by atoms with E-state index in [4.69, 9.17) is 9.63 Å². The van der Waals surface area contributed by atoms with Crippen molar-refractivity contribution >= 4 is 23.0 Å². The third-order valence-electron chi connectivity index (χ3n) is 4.30. The summed E-state index contributed by atoms with van der Waals surface area (Å²) in [6.07, 6.45) is 0.388. The van der Waals surface area contributed by atoms with Crippen LogP contribution in [0.1, 0.15) is 40.2 Å². The van der Waals surface area contributed by atoms with Gasteiger partial charge in [0.2, 0.25) is 0 Å². The van der Waals surface area contributed by atoms with Crippen molar-refractivity contribution < 1.29 is 19.2 Å². The molecule has 7 heteroatoms. The van der Waals surface area contributed by atoms with Crippen LogP contribution in [0.3, 0.4) is 0 Å². The zero-order chi connectivity index (χ0) is 19.4. The highest BCUT2D eigenvalue weighted by Gasteiger charge is 2.23. The highest BCUT2D eigenvalue weighted by Crippen LogP contribution is 2.24. The van der Waals surface area contributed by atoms with Crippen molar-refractivity contribution in [3.8, 4) is 0 Å². The van der Waals surface area contributed by atoms with E-state index in [1.165, 1.54) is 0 Å². The number of amides is 1. The van der Waals surface area contributed by atoms with Gasteiger partial charge in [-0.3, -0.25) is 9.59 Å². The average molecular weight is 367 g/mol. The monoisotopic (exact) mass is 367 g/mol. The highest BCUT2D eigenvalue weighted by molar-refractivity contribution is 6.06. The first kappa shape index (κ1) is 18.6. The number of pyridine rings is 1. The van der Waals surface area contributed by atoms with Crippen LogP contribution in [0.5, 0.6) is 0 Å². The van der Waals surface area contributed by atoms with Crippen LogP contribution in [-0.2, 0) is 11.3 Å². The van der Waals surface area contributed by atoms with Crippen molar-refractivity contribution in [2.45, 2.75) is 33.2 Å². The van der Waals surface area contributed by atoms with E-state index in [1.807, 2.05) is 30.3 Å². The molecular formula is C20H21N3O4. The molecule has 2 heterocycles. The number of aromatic nitrogens is 2. The Kier molecular flexibility index (Phi) is 5.49. The molecule has 0 radical (unpaired) electrons. The number of fused-ring (bicyclic) bond motifs is 1. The molecule has 27 heavy (non-hydrogen) atoms. The molecule has 0 aliphatic rings. The van der Waals surface area contributed by atoms with Gasteiger partial charge < -0.3 is 14.5 Å². The van der Waals surface area contributed by atoms with Crippen LogP contribution in [0.2, 0.25) is 0 Å². The highest BCUT2D eigenvalue weighted by atomic mass is 16.5. The summed E-state index contributed by atoms with van der Waals surface area (Å²) in [5.74, 6) is -1.06. The lowest BCUT2D eigenvalue weighted by Gasteiger charge is -2.23. The number of aryl methyl sites for hydroxylation is 2. The first-order chi connectivity index (χ1) is 13.0. The molecule has 0 saturated carbocycles. The van der Waals surface area contributed by atoms with E-state index in [9.17, 15) is 9.59 Å². The van der Waals surface area contributed by atoms with Crippen molar-refractivity contribution in [1.29, 1.82) is 0 Å². The molecule has 0 aliphatic carbocycles. The third kappa shape index (κ3) is 4.31. The molecule has 7 nitrogen and oxygen atoms in total. The van der Waals surface area contributed by atoms with Crippen molar-refractivity contribution in [3.63, 3.8) is 0 Å². The number of carbonyl (C=O) groups is 2. The lowest BCUT2D eigenvalue weighted by atomic mass is 10.1. The molecule has 1 amide bonds. The van der Waals surface area contributed by atoms with Gasteiger partial charge in [-0.2, -0.15) is 0 Å². The lowest BCUT2D eigenvalue weighted by Crippen LogP contribution is -2.32. The number of benzene rings is 1. The number of carboxylic acid groups (broad SMARTS) is 1. The Labute approximate surface area is 156 Å². The van der Waals surface area contributed by atoms with Crippen LogP contribution in [0.4, 0.5) is 0 Å². The van der Waals surface area contributed by atoms with Crippen LogP contribution in [0.25, 0.3) is 11.1 Å². The SMILES string of the molecule is Cc1cc(C(=O)N(CCCC(=O)O)Cc2ccccc2)c2c(C)noc2n1. The molecule has 0 atom stereocenters. The predicted octanol–water partition coefficient (Wildman–Crippen LogP) is 3.35. The van der Waals surface area contributed by atoms with Crippen LogP contribution < -0.4 is 0 Å². The minimum Gasteiger partial charge on any atom is -0.481 e. The van der Waals surface area contributed by atoms with Gasteiger partial charge in [0.15, 0.2) is 0 Å². The Morgan fingerprint density at radius 2 is 1.93 bits per heavy atom. The topological polar surface area (TPSA) is 96.5 Å². The Balaban J connectivity index is 1.94. The van der Waals surface area contributed by atoms with Crippen LogP contribution >= 0.6 is 0 Å². The summed E-state index contributed by atoms with van der Waals surface area (Å²) in [7, 11) is 0. The normalized spacial score (nSPS) is 10.9. The minimum absolute atomic E-state index is 0.00957. The molecule has 0 saturated heterocycles. The second-order valence-electron chi connectivity index (χ2n) is 6.47. The second-order valence-corrected chi connectivity index (χ2v) is 6.47. The lowest BCUT2D eigenvalue weighted by molar-refractivity contribution is -0.137. The molecule has 0 fully saturated rings. The first-order valence-electron chi connectivity index (χ1n) is 8.74. The van der Waals surface area contributed by atoms with Gasteiger partial charge in [0, 0.05) is 25.2 Å². The van der Waals surface area contributed by atoms with Gasteiger partial charge in [0.05, 0.1) is 16.6 Å². The fraction of sp³-hybridized carbons (Fsp3) is 0.300. The molecule has 0 unspecified atom stereocenters. The zero-order valence-electron chi connectivity index (χ0n) is 15.3. The number of carbonyl (C=O) groups excluding carboxylic acids is 1. The number of rotatable bonds is 7. The van der Waals surface area contributed by atoms with Gasteiger partial charge in [0.1, 0.15) is 0 Å². The summed E-state index contributed by atoms with van der Waals surface area (Å²) in [6.45, 7) is 4.30. The number of hydrogen-bond acceptors (Lipinski definition) is 5. The van der Waals surface area contributed by atoms with Crippen molar-refractivity contribution in [2.24, 2.45) is 0 Å². The maximum atomic E-state index is 13.3. The van der Waals surface area contributed by atoms with E-state index in [-0.39, 0.29) is 12.3 Å². The Morgan fingerprint density at radius 1 is 1.19 bits per heavy atom. The molecule has 0 aliphatic heterocycles. The maximum Gasteiger partial charge on any atom is 0.303 e. The Morgan fingerprint density at radius 3 is 2.63 bits per heavy atom. The summed E-state index contributed by atoms with van der Waals surface area (Å²) >= 11 is 0. The molecule has 2 aromatic heterocycles. The van der Waals surface area contributed by atoms with Crippen LogP contribution in [0, 0.1) is 13.8 Å². The van der Waals surface area contributed by atoms with E-state index < -0.39 is 5.97 Å². The molecule has 1 aromatic carbocycles. The van der Waals surface area contributed by atoms with Crippen molar-refractivity contribution in [2.75, 3.05) is 6.54 Å². The van der Waals surface area contributed by atoms with Gasteiger partial charge in [0.25, 0.3) is 11.6 Å². The summed E-state index contributed by atoms with van der Waals surface area (Å²) in [5.41, 5.74) is 3.05. The molecule has 140 valence electrons. The number of hydrogen-bond donors (Lipinski definition) is 1. The number of nitrogens with zero attached hydrogens (tertiary/aromatic N) is 3. The standard InChI is InChI=1S/C20H21N3O4/c1-13-11-16(18-14(2)22-27-19(18)21-13)20(26)23(10-6-9-17(24)25)12-15-7-4-3-5-8-15/h3-5,7-8,11H,6,9-10,12H2,1-2H3,(H,24,25). The smallest absolute Gasteiger partial charge is 0.303 e. The summed E-state index contributed by atoms with van der Waals surface area (Å²) < 4.78 is 5.22. The average Bonchev–Trinajstić information content (AvgIpc) is 3.01. The van der Waals surface area contributed by atoms with Gasteiger partial charge in [-0.25, -0.2) is 4.98 Å². The van der Waals surface area contributed by atoms with E-state index in [0.717, 1.165) is 5.56 Å². The molecule has 3 rings (SSSR count). The van der Waals surface area contributed by atoms with Crippen molar-refractivity contribution in [1.82, 2.24) is 15.0 Å². The van der Waals surface area contributed by atoms with Gasteiger partial charge in [-0.05, 0) is 31.9 Å². The molecule has 1 N–H and O–H groups in total. The van der Waals surface area contributed by atoms with E-state index in [1.54, 1.807) is 24.8 Å². The van der Waals surface area contributed by atoms with Gasteiger partial charge in [-0.1, -0.05) is 35.5 Å². The van der Waals surface area contributed by atoms with E-state index in [0.29, 0.717) is 47.6 Å². The molecule has 0 spiro atoms. The van der Waals surface area contributed by atoms with E-state index in [2.05, 4.69) is 10.1 Å². The fourth-order valence-electron chi connectivity index (χ4n) is 3.03. The summed E-state index contributed by atoms with van der Waals surface area (Å²) in [4.78, 5) is 30.2. The third-order valence-corrected chi connectivity index (χ3v) is 4.30. The quantitative estimate of drug-likeness (QED) is 0.688. The second kappa shape index (κ2) is 7.99. The Bertz CT molecular complexity index is 966. The summed E-state index contributed by atoms with van der Waals surface area (Å²) in [6, 6.07) is 11.3. The molecule has 3 aromatic rings. The predicted molar refractivity (Wildman–Crippen MR) is 99.3 cm³/mol. The number of aliphatic carboxylic acids is 1. The van der Waals surface area contributed by atoms with Crippen LogP contribution in [0.15, 0.2) is 40.9 Å². The minimum atomic E-state index is -0.876. The van der Waals surface area contributed by atoms with Gasteiger partial charge in [-0.15, -0.1) is 0 Å². The fourth-order valence-corrected chi connectivity index (χ4v) is 3.03. The zero-order valence-corrected chi connectivity index (χ0v) is 15.3. The first-order valence-corrected chi connectivity index (χ1v) is 8.74. The number of carboxylic acids is 1. The van der Waals surface area contributed by atoms with Crippen LogP contribution in [-0.4, -0.2) is 38.6 Å². The van der Waals surface area contributed by atoms with Gasteiger partial charge >= 0.3 is 5.97 Å². The largest absolute Gasteiger partial charge is 0.481 e. The molecular weight excluding hydrogens is 346 g/mol. The summed E-state index contributed by atoms with van der Waals surface area (Å²) in [5, 5.41) is 13.4. The van der Waals surface area contributed by atoms with Crippen molar-refractivity contribution in [3.05, 3.63) is 58.9 Å². The maximum absolute atomic E-state index is 13.3.